The fourth-order valence-electron chi connectivity index (χ4n) is 0.201. The van der Waals surface area contributed by atoms with Gasteiger partial charge in [0.15, 0.2) is 0 Å². The molecular weight excluding hydrogens is 72.1 g/mol. The van der Waals surface area contributed by atoms with Gasteiger partial charge in [-0.2, -0.15) is 0 Å². The zero-order chi connectivity index (χ0) is 4.99. The van der Waals surface area contributed by atoms with Crippen LogP contribution in [-0.4, -0.2) is 0 Å². The molecule has 0 aromatic rings. The van der Waals surface area contributed by atoms with E-state index in [0.717, 1.165) is 5.57 Å². The molecule has 0 saturated heterocycles. The molecular formula is C6H9. The molecule has 0 aliphatic carbocycles. The van der Waals surface area contributed by atoms with Gasteiger partial charge in [-0.1, -0.05) is 24.3 Å². The lowest BCUT2D eigenvalue weighted by atomic mass is 10.3. The van der Waals surface area contributed by atoms with Crippen molar-refractivity contribution in [3.63, 3.8) is 0 Å². The van der Waals surface area contributed by atoms with E-state index in [9.17, 15) is 0 Å². The summed E-state index contributed by atoms with van der Waals surface area (Å²) in [4.78, 5) is 0. The minimum atomic E-state index is 1.05. The first-order valence-electron chi connectivity index (χ1n) is 1.88. The third kappa shape index (κ3) is 3.48. The molecule has 0 aliphatic rings. The van der Waals surface area contributed by atoms with Crippen molar-refractivity contribution in [1.82, 2.24) is 0 Å². The zero-order valence-corrected chi connectivity index (χ0v) is 4.07. The molecule has 0 rings (SSSR count). The van der Waals surface area contributed by atoms with E-state index in [4.69, 9.17) is 0 Å². The quantitative estimate of drug-likeness (QED) is 0.423. The second kappa shape index (κ2) is 2.70. The molecule has 0 bridgehead atoms. The van der Waals surface area contributed by atoms with Gasteiger partial charge >= 0.3 is 0 Å². The molecule has 0 aromatic heterocycles. The van der Waals surface area contributed by atoms with Crippen LogP contribution in [0.25, 0.3) is 0 Å². The Hall–Kier alpha value is -0.520. The van der Waals surface area contributed by atoms with Gasteiger partial charge in [-0.05, 0) is 13.8 Å². The van der Waals surface area contributed by atoms with Crippen LogP contribution in [0.3, 0.4) is 0 Å². The van der Waals surface area contributed by atoms with Crippen LogP contribution in [-0.2, 0) is 0 Å². The summed E-state index contributed by atoms with van der Waals surface area (Å²) in [7, 11) is 0. The summed E-state index contributed by atoms with van der Waals surface area (Å²) in [6, 6.07) is 0. The normalized spacial score (nSPS) is 9.67. The molecule has 0 N–H and O–H groups in total. The van der Waals surface area contributed by atoms with Crippen LogP contribution in [0.1, 0.15) is 6.92 Å². The second-order valence-electron chi connectivity index (χ2n) is 1.25. The summed E-state index contributed by atoms with van der Waals surface area (Å²) >= 11 is 0. The van der Waals surface area contributed by atoms with Crippen molar-refractivity contribution >= 4 is 0 Å². The van der Waals surface area contributed by atoms with E-state index in [1.165, 1.54) is 0 Å². The largest absolute Gasteiger partial charge is 0.0961 e. The highest BCUT2D eigenvalue weighted by atomic mass is 13.7. The Labute approximate surface area is 39.2 Å². The summed E-state index contributed by atoms with van der Waals surface area (Å²) < 4.78 is 0. The molecule has 0 fully saturated rings. The first kappa shape index (κ1) is 5.48. The molecule has 0 amide bonds. The summed E-state index contributed by atoms with van der Waals surface area (Å²) in [5.41, 5.74) is 1.05. The first-order chi connectivity index (χ1) is 2.77. The van der Waals surface area contributed by atoms with E-state index in [1.807, 2.05) is 13.0 Å². The lowest BCUT2D eigenvalue weighted by molar-refractivity contribution is 1.56. The van der Waals surface area contributed by atoms with Gasteiger partial charge < -0.3 is 0 Å². The summed E-state index contributed by atoms with van der Waals surface area (Å²) in [5, 5.41) is 0. The fourth-order valence-corrected chi connectivity index (χ4v) is 0.201. The van der Waals surface area contributed by atoms with E-state index < -0.39 is 0 Å². The van der Waals surface area contributed by atoms with Gasteiger partial charge in [0.1, 0.15) is 0 Å². The summed E-state index contributed by atoms with van der Waals surface area (Å²) in [6.07, 6.45) is 3.59. The molecule has 1 radical (unpaired) electrons. The van der Waals surface area contributed by atoms with E-state index >= 15 is 0 Å². The van der Waals surface area contributed by atoms with Gasteiger partial charge in [0.05, 0.1) is 0 Å². The van der Waals surface area contributed by atoms with Crippen LogP contribution in [0.5, 0.6) is 0 Å². The van der Waals surface area contributed by atoms with E-state index in [1.54, 1.807) is 6.08 Å². The van der Waals surface area contributed by atoms with E-state index in [0.29, 0.717) is 0 Å². The molecule has 0 saturated carbocycles. The summed E-state index contributed by atoms with van der Waals surface area (Å²) in [6.45, 7) is 9.03. The maximum atomic E-state index is 3.62. The van der Waals surface area contributed by atoms with Crippen LogP contribution < -0.4 is 0 Å². The Morgan fingerprint density at radius 3 is 2.17 bits per heavy atom. The topological polar surface area (TPSA) is 0 Å². The third-order valence-electron chi connectivity index (χ3n) is 0.402. The Morgan fingerprint density at radius 1 is 1.67 bits per heavy atom. The lowest BCUT2D eigenvalue weighted by Gasteiger charge is -1.75. The predicted octanol–water partition coefficient (Wildman–Crippen LogP) is 1.95. The van der Waals surface area contributed by atoms with Crippen molar-refractivity contribution in [2.45, 2.75) is 6.92 Å². The maximum absolute atomic E-state index is 3.62. The van der Waals surface area contributed by atoms with Crippen LogP contribution in [0.2, 0.25) is 0 Å². The van der Waals surface area contributed by atoms with Crippen molar-refractivity contribution < 1.29 is 0 Å². The average molecular weight is 81.1 g/mol. The first-order valence-corrected chi connectivity index (χ1v) is 1.88. The van der Waals surface area contributed by atoms with Crippen LogP contribution in [0.15, 0.2) is 24.3 Å². The highest BCUT2D eigenvalue weighted by molar-refractivity contribution is 5.11. The van der Waals surface area contributed by atoms with Crippen LogP contribution in [0.4, 0.5) is 0 Å². The molecule has 0 nitrogen and oxygen atoms in total. The van der Waals surface area contributed by atoms with Gasteiger partial charge in [0.2, 0.25) is 0 Å². The number of rotatable bonds is 1. The predicted molar refractivity (Wildman–Crippen MR) is 29.3 cm³/mol. The second-order valence-corrected chi connectivity index (χ2v) is 1.25. The van der Waals surface area contributed by atoms with Crippen LogP contribution >= 0.6 is 0 Å². The molecule has 33 valence electrons. The van der Waals surface area contributed by atoms with Crippen molar-refractivity contribution in [3.8, 4) is 0 Å². The maximum Gasteiger partial charge on any atom is -0.0313 e. The van der Waals surface area contributed by atoms with Crippen molar-refractivity contribution in [1.29, 1.82) is 0 Å². The molecule has 0 heterocycles. The van der Waals surface area contributed by atoms with Crippen LogP contribution in [0, 0.1) is 6.92 Å². The van der Waals surface area contributed by atoms with Crippen molar-refractivity contribution in [3.05, 3.63) is 31.2 Å². The fraction of sp³-hybridized carbons (Fsp3) is 0.167. The highest BCUT2D eigenvalue weighted by Crippen LogP contribution is 1.85. The molecule has 6 heavy (non-hydrogen) atoms. The van der Waals surface area contributed by atoms with Gasteiger partial charge in [0.25, 0.3) is 0 Å². The third-order valence-corrected chi connectivity index (χ3v) is 0.402. The molecule has 0 aliphatic heterocycles. The Bertz CT molecular complexity index is 68.1. The van der Waals surface area contributed by atoms with Gasteiger partial charge in [-0.3, -0.25) is 0 Å². The zero-order valence-electron chi connectivity index (χ0n) is 4.07. The number of hydrogen-bond acceptors (Lipinski definition) is 0. The van der Waals surface area contributed by atoms with Crippen molar-refractivity contribution in [2.75, 3.05) is 0 Å². The van der Waals surface area contributed by atoms with E-state index in [-0.39, 0.29) is 0 Å². The molecule has 0 spiro atoms. The monoisotopic (exact) mass is 81.1 g/mol. The van der Waals surface area contributed by atoms with Gasteiger partial charge in [0, 0.05) is 0 Å². The Balaban J connectivity index is 3.30. The standard InChI is InChI=1S/C6H9/c1-4-5-6(2)3/h4-5H,1-2H2,3H3/b5-4-. The van der Waals surface area contributed by atoms with E-state index in [2.05, 4.69) is 13.5 Å². The average Bonchev–Trinajstić information content (AvgIpc) is 1.35. The number of allylic oxidation sites excluding steroid dienone is 3. The van der Waals surface area contributed by atoms with Gasteiger partial charge in [-0.25, -0.2) is 0 Å². The molecule has 0 atom stereocenters. The minimum absolute atomic E-state index is 1.05. The lowest BCUT2D eigenvalue weighted by Crippen LogP contribution is -1.54. The smallest absolute Gasteiger partial charge is 0.0313 e. The Kier molecular flexibility index (Phi) is 2.47. The SMILES string of the molecule is [CH2]/C=C\C(=C)C. The Morgan fingerprint density at radius 2 is 2.17 bits per heavy atom. The van der Waals surface area contributed by atoms with Crippen molar-refractivity contribution in [2.24, 2.45) is 0 Å². The molecule has 0 aromatic carbocycles. The molecule has 0 heteroatoms. The van der Waals surface area contributed by atoms with Gasteiger partial charge in [-0.15, -0.1) is 0 Å². The minimum Gasteiger partial charge on any atom is -0.0961 e. The number of hydrogen-bond donors (Lipinski definition) is 0. The highest BCUT2D eigenvalue weighted by Gasteiger charge is 1.63. The molecule has 0 unspecified atom stereocenters. The summed E-state index contributed by atoms with van der Waals surface area (Å²) in [5.74, 6) is 0.